The summed E-state index contributed by atoms with van der Waals surface area (Å²) in [7, 11) is 0. The van der Waals surface area contributed by atoms with Crippen molar-refractivity contribution in [2.24, 2.45) is 0 Å². The van der Waals surface area contributed by atoms with Gasteiger partial charge in [-0.15, -0.1) is 0 Å². The summed E-state index contributed by atoms with van der Waals surface area (Å²) in [5.74, 6) is -0.458. The van der Waals surface area contributed by atoms with Crippen molar-refractivity contribution >= 4 is 27.0 Å². The first-order valence-corrected chi connectivity index (χ1v) is 3.69. The predicted octanol–water partition coefficient (Wildman–Crippen LogP) is 1.28. The van der Waals surface area contributed by atoms with Gasteiger partial charge >= 0.3 is 5.76 Å². The lowest BCUT2D eigenvalue weighted by atomic mass is 10.4. The van der Waals surface area contributed by atoms with Gasteiger partial charge in [-0.1, -0.05) is 0 Å². The highest BCUT2D eigenvalue weighted by atomic mass is 79.9. The molecule has 2 aromatic rings. The third-order valence-corrected chi connectivity index (χ3v) is 1.71. The molecular weight excluding hydrogens is 212 g/mol. The normalized spacial score (nSPS) is 10.6. The number of hydrogen-bond donors (Lipinski definition) is 1. The van der Waals surface area contributed by atoms with E-state index in [0.29, 0.717) is 15.7 Å². The Bertz CT molecular complexity index is 445. The number of nitrogens with one attached hydrogen (secondary N) is 1. The maximum Gasteiger partial charge on any atom is 0.417 e. The van der Waals surface area contributed by atoms with Crippen molar-refractivity contribution in [3.63, 3.8) is 0 Å². The van der Waals surface area contributed by atoms with E-state index >= 15 is 0 Å². The van der Waals surface area contributed by atoms with E-state index in [1.807, 2.05) is 0 Å². The van der Waals surface area contributed by atoms with Crippen LogP contribution < -0.4 is 5.76 Å². The van der Waals surface area contributed by atoms with Gasteiger partial charge in [-0.2, -0.15) is 0 Å². The van der Waals surface area contributed by atoms with Crippen LogP contribution in [-0.4, -0.2) is 9.97 Å². The molecule has 0 aliphatic carbocycles. The van der Waals surface area contributed by atoms with Crippen molar-refractivity contribution in [2.45, 2.75) is 0 Å². The maximum atomic E-state index is 10.6. The molecule has 0 bridgehead atoms. The van der Waals surface area contributed by atoms with Gasteiger partial charge < -0.3 is 4.42 Å². The summed E-state index contributed by atoms with van der Waals surface area (Å²) in [6, 6.07) is 1.68. The molecule has 0 radical (unpaired) electrons. The molecule has 0 aliphatic rings. The van der Waals surface area contributed by atoms with E-state index in [9.17, 15) is 4.79 Å². The third kappa shape index (κ3) is 1.07. The maximum absolute atomic E-state index is 10.6. The third-order valence-electron chi connectivity index (χ3n) is 1.27. The van der Waals surface area contributed by atoms with Crippen LogP contribution in [0.25, 0.3) is 11.1 Å². The zero-order chi connectivity index (χ0) is 7.84. The van der Waals surface area contributed by atoms with Gasteiger partial charge in [-0.05, 0) is 22.0 Å². The van der Waals surface area contributed by atoms with Crippen LogP contribution in [0.1, 0.15) is 0 Å². The fourth-order valence-corrected chi connectivity index (χ4v) is 1.16. The summed E-state index contributed by atoms with van der Waals surface area (Å²) in [6.45, 7) is 0. The van der Waals surface area contributed by atoms with Gasteiger partial charge in [0.15, 0.2) is 5.58 Å². The summed E-state index contributed by atoms with van der Waals surface area (Å²) >= 11 is 3.17. The fourth-order valence-electron chi connectivity index (χ4n) is 0.832. The molecule has 2 aromatic heterocycles. The Morgan fingerprint density at radius 1 is 1.64 bits per heavy atom. The summed E-state index contributed by atoms with van der Waals surface area (Å²) in [5.41, 5.74) is 1.12. The van der Waals surface area contributed by atoms with Gasteiger partial charge in [0.25, 0.3) is 0 Å². The van der Waals surface area contributed by atoms with Gasteiger partial charge in [-0.3, -0.25) is 4.98 Å². The van der Waals surface area contributed by atoms with E-state index in [1.165, 1.54) is 6.20 Å². The highest BCUT2D eigenvalue weighted by Gasteiger charge is 2.00. The molecule has 0 aromatic carbocycles. The lowest BCUT2D eigenvalue weighted by Crippen LogP contribution is -1.92. The molecule has 56 valence electrons. The highest BCUT2D eigenvalue weighted by Crippen LogP contribution is 2.12. The number of fused-ring (bicyclic) bond motifs is 1. The van der Waals surface area contributed by atoms with Crippen LogP contribution in [0.2, 0.25) is 0 Å². The van der Waals surface area contributed by atoms with Gasteiger partial charge in [0, 0.05) is 0 Å². The van der Waals surface area contributed by atoms with Crippen LogP contribution in [0.15, 0.2) is 26.1 Å². The molecule has 0 aliphatic heterocycles. The van der Waals surface area contributed by atoms with Gasteiger partial charge in [0.05, 0.1) is 11.7 Å². The number of rotatable bonds is 0. The van der Waals surface area contributed by atoms with Crippen LogP contribution in [-0.2, 0) is 0 Å². The Morgan fingerprint density at radius 2 is 2.45 bits per heavy atom. The molecular formula is C6H3BrN2O2. The van der Waals surface area contributed by atoms with Crippen molar-refractivity contribution in [1.82, 2.24) is 9.97 Å². The van der Waals surface area contributed by atoms with E-state index in [4.69, 9.17) is 4.42 Å². The summed E-state index contributed by atoms with van der Waals surface area (Å²) in [6.07, 6.45) is 1.48. The van der Waals surface area contributed by atoms with Crippen LogP contribution in [0.3, 0.4) is 0 Å². The van der Waals surface area contributed by atoms with E-state index in [-0.39, 0.29) is 0 Å². The van der Waals surface area contributed by atoms with E-state index in [0.717, 1.165) is 0 Å². The zero-order valence-electron chi connectivity index (χ0n) is 5.30. The number of H-pyrrole nitrogens is 1. The minimum Gasteiger partial charge on any atom is -0.406 e. The Hall–Kier alpha value is -1.10. The molecule has 0 saturated carbocycles. The standard InChI is InChI=1S/C6H3BrN2O2/c7-5-1-3-4(2-8-5)11-6(10)9-3/h1-2H,(H,9,10). The minimum atomic E-state index is -0.458. The monoisotopic (exact) mass is 214 g/mol. The second-order valence-electron chi connectivity index (χ2n) is 2.02. The van der Waals surface area contributed by atoms with Crippen molar-refractivity contribution in [1.29, 1.82) is 0 Å². The summed E-state index contributed by atoms with van der Waals surface area (Å²) in [4.78, 5) is 17.0. The van der Waals surface area contributed by atoms with Crippen molar-refractivity contribution < 1.29 is 4.42 Å². The molecule has 0 atom stereocenters. The van der Waals surface area contributed by atoms with Crippen molar-refractivity contribution in [2.75, 3.05) is 0 Å². The van der Waals surface area contributed by atoms with Crippen molar-refractivity contribution in [3.05, 3.63) is 27.4 Å². The Balaban J connectivity index is 2.92. The molecule has 0 spiro atoms. The molecule has 5 heteroatoms. The summed E-state index contributed by atoms with van der Waals surface area (Å²) in [5, 5.41) is 0. The smallest absolute Gasteiger partial charge is 0.406 e. The molecule has 11 heavy (non-hydrogen) atoms. The lowest BCUT2D eigenvalue weighted by molar-refractivity contribution is 0.554. The Labute approximate surface area is 69.4 Å². The Kier molecular flexibility index (Phi) is 1.32. The van der Waals surface area contributed by atoms with Crippen LogP contribution in [0, 0.1) is 0 Å². The lowest BCUT2D eigenvalue weighted by Gasteiger charge is -1.85. The molecule has 2 heterocycles. The molecule has 0 saturated heterocycles. The SMILES string of the molecule is O=c1[nH]c2cc(Br)ncc2o1. The summed E-state index contributed by atoms with van der Waals surface area (Å²) < 4.78 is 5.40. The predicted molar refractivity (Wildman–Crippen MR) is 42.3 cm³/mol. The number of aromatic nitrogens is 2. The number of hydrogen-bond acceptors (Lipinski definition) is 3. The zero-order valence-corrected chi connectivity index (χ0v) is 6.88. The number of halogens is 1. The molecule has 4 nitrogen and oxygen atoms in total. The van der Waals surface area contributed by atoms with Crippen LogP contribution in [0.5, 0.6) is 0 Å². The quantitative estimate of drug-likeness (QED) is 0.673. The van der Waals surface area contributed by atoms with Crippen LogP contribution >= 0.6 is 15.9 Å². The topological polar surface area (TPSA) is 58.9 Å². The van der Waals surface area contributed by atoms with E-state index in [1.54, 1.807) is 6.07 Å². The van der Waals surface area contributed by atoms with Gasteiger partial charge in [0.1, 0.15) is 4.60 Å². The Morgan fingerprint density at radius 3 is 3.27 bits per heavy atom. The van der Waals surface area contributed by atoms with Gasteiger partial charge in [0.2, 0.25) is 0 Å². The molecule has 1 N–H and O–H groups in total. The second kappa shape index (κ2) is 2.20. The highest BCUT2D eigenvalue weighted by molar-refractivity contribution is 9.10. The van der Waals surface area contributed by atoms with E-state index < -0.39 is 5.76 Å². The first-order valence-electron chi connectivity index (χ1n) is 2.90. The van der Waals surface area contributed by atoms with E-state index in [2.05, 4.69) is 25.9 Å². The number of aromatic amines is 1. The molecule has 0 fully saturated rings. The number of pyridine rings is 1. The fraction of sp³-hybridized carbons (Fsp3) is 0. The van der Waals surface area contributed by atoms with Crippen LogP contribution in [0.4, 0.5) is 0 Å². The second-order valence-corrected chi connectivity index (χ2v) is 2.83. The average Bonchev–Trinajstić information content (AvgIpc) is 2.27. The largest absolute Gasteiger partial charge is 0.417 e. The first-order chi connectivity index (χ1) is 5.25. The van der Waals surface area contributed by atoms with Crippen molar-refractivity contribution in [3.8, 4) is 0 Å². The molecule has 2 rings (SSSR count). The molecule has 0 unspecified atom stereocenters. The first kappa shape index (κ1) is 6.60. The minimum absolute atomic E-state index is 0.458. The average molecular weight is 215 g/mol. The number of nitrogens with zero attached hydrogens (tertiary/aromatic N) is 1. The number of oxazole rings is 1. The van der Waals surface area contributed by atoms with Gasteiger partial charge in [-0.25, -0.2) is 9.78 Å². The molecule has 0 amide bonds.